The fourth-order valence-electron chi connectivity index (χ4n) is 4.07. The number of carbonyl (C=O) groups is 2. The third kappa shape index (κ3) is 5.11. The number of carboxylic acids is 1. The SMILES string of the molecule is O=C(NCC(C(=O)O)C1CCCCC1)C1CCCC(C(F)(F)F)C1. The van der Waals surface area contributed by atoms with E-state index in [4.69, 9.17) is 0 Å². The largest absolute Gasteiger partial charge is 0.481 e. The number of rotatable bonds is 5. The van der Waals surface area contributed by atoms with E-state index in [0.717, 1.165) is 32.1 Å². The number of nitrogens with one attached hydrogen (secondary N) is 1. The smallest absolute Gasteiger partial charge is 0.391 e. The summed E-state index contributed by atoms with van der Waals surface area (Å²) >= 11 is 0. The van der Waals surface area contributed by atoms with Gasteiger partial charge in [-0.05, 0) is 38.0 Å². The maximum absolute atomic E-state index is 12.8. The molecule has 24 heavy (non-hydrogen) atoms. The maximum atomic E-state index is 12.8. The summed E-state index contributed by atoms with van der Waals surface area (Å²) < 4.78 is 38.5. The van der Waals surface area contributed by atoms with E-state index < -0.39 is 35.8 Å². The van der Waals surface area contributed by atoms with E-state index in [1.165, 1.54) is 0 Å². The van der Waals surface area contributed by atoms with Gasteiger partial charge in [-0.1, -0.05) is 25.7 Å². The highest BCUT2D eigenvalue weighted by molar-refractivity contribution is 5.79. The highest BCUT2D eigenvalue weighted by Crippen LogP contribution is 2.40. The Labute approximate surface area is 140 Å². The van der Waals surface area contributed by atoms with Gasteiger partial charge in [0.15, 0.2) is 0 Å². The van der Waals surface area contributed by atoms with E-state index in [-0.39, 0.29) is 25.3 Å². The minimum Gasteiger partial charge on any atom is -0.481 e. The summed E-state index contributed by atoms with van der Waals surface area (Å²) in [5.41, 5.74) is 0. The molecule has 0 aliphatic heterocycles. The first-order valence-electron chi connectivity index (χ1n) is 8.86. The molecule has 0 radical (unpaired) electrons. The van der Waals surface area contributed by atoms with Gasteiger partial charge in [-0.3, -0.25) is 9.59 Å². The third-order valence-corrected chi connectivity index (χ3v) is 5.54. The van der Waals surface area contributed by atoms with Crippen LogP contribution in [0.4, 0.5) is 13.2 Å². The molecular formula is C17H26F3NO3. The van der Waals surface area contributed by atoms with Gasteiger partial charge in [0, 0.05) is 12.5 Å². The summed E-state index contributed by atoms with van der Waals surface area (Å²) in [6.07, 6.45) is 1.24. The topological polar surface area (TPSA) is 66.4 Å². The molecule has 0 aromatic heterocycles. The molecule has 4 nitrogen and oxygen atoms in total. The lowest BCUT2D eigenvalue weighted by atomic mass is 9.79. The van der Waals surface area contributed by atoms with E-state index in [1.807, 2.05) is 0 Å². The zero-order valence-corrected chi connectivity index (χ0v) is 13.8. The highest BCUT2D eigenvalue weighted by Gasteiger charge is 2.43. The van der Waals surface area contributed by atoms with Gasteiger partial charge in [0.1, 0.15) is 0 Å². The molecule has 2 aliphatic carbocycles. The Morgan fingerprint density at radius 3 is 2.29 bits per heavy atom. The Balaban J connectivity index is 1.87. The lowest BCUT2D eigenvalue weighted by molar-refractivity contribution is -0.186. The van der Waals surface area contributed by atoms with Crippen molar-refractivity contribution in [3.8, 4) is 0 Å². The average Bonchev–Trinajstić information content (AvgIpc) is 2.55. The van der Waals surface area contributed by atoms with Crippen LogP contribution in [0.5, 0.6) is 0 Å². The number of amides is 1. The van der Waals surface area contributed by atoms with Gasteiger partial charge in [0.05, 0.1) is 11.8 Å². The van der Waals surface area contributed by atoms with Gasteiger partial charge in [-0.2, -0.15) is 13.2 Å². The number of hydrogen-bond acceptors (Lipinski definition) is 2. The van der Waals surface area contributed by atoms with Crippen molar-refractivity contribution in [3.63, 3.8) is 0 Å². The zero-order chi connectivity index (χ0) is 17.7. The fraction of sp³-hybridized carbons (Fsp3) is 0.882. The van der Waals surface area contributed by atoms with Gasteiger partial charge in [-0.25, -0.2) is 0 Å². The van der Waals surface area contributed by atoms with Crippen molar-refractivity contribution in [1.29, 1.82) is 0 Å². The molecule has 0 saturated heterocycles. The van der Waals surface area contributed by atoms with E-state index in [2.05, 4.69) is 5.32 Å². The quantitative estimate of drug-likeness (QED) is 0.794. The van der Waals surface area contributed by atoms with Crippen LogP contribution < -0.4 is 5.32 Å². The molecule has 2 rings (SSSR count). The van der Waals surface area contributed by atoms with Crippen LogP contribution in [-0.2, 0) is 9.59 Å². The van der Waals surface area contributed by atoms with Gasteiger partial charge >= 0.3 is 12.1 Å². The second kappa shape index (κ2) is 8.21. The summed E-state index contributed by atoms with van der Waals surface area (Å²) in [7, 11) is 0. The third-order valence-electron chi connectivity index (χ3n) is 5.54. The molecule has 2 N–H and O–H groups in total. The van der Waals surface area contributed by atoms with Crippen LogP contribution in [0.15, 0.2) is 0 Å². The molecular weight excluding hydrogens is 323 g/mol. The second-order valence-electron chi connectivity index (χ2n) is 7.19. The molecule has 2 saturated carbocycles. The first-order chi connectivity index (χ1) is 11.3. The number of halogens is 3. The lowest BCUT2D eigenvalue weighted by Gasteiger charge is -2.31. The fourth-order valence-corrected chi connectivity index (χ4v) is 4.07. The van der Waals surface area contributed by atoms with Crippen molar-refractivity contribution in [3.05, 3.63) is 0 Å². The molecule has 2 aliphatic rings. The summed E-state index contributed by atoms with van der Waals surface area (Å²) in [6, 6.07) is 0. The van der Waals surface area contributed by atoms with Gasteiger partial charge < -0.3 is 10.4 Å². The van der Waals surface area contributed by atoms with Crippen LogP contribution in [0.2, 0.25) is 0 Å². The predicted molar refractivity (Wildman–Crippen MR) is 82.2 cm³/mol. The minimum absolute atomic E-state index is 0.0199. The van der Waals surface area contributed by atoms with Crippen LogP contribution in [0.25, 0.3) is 0 Å². The molecule has 0 aromatic carbocycles. The normalized spacial score (nSPS) is 27.5. The molecule has 3 atom stereocenters. The summed E-state index contributed by atoms with van der Waals surface area (Å²) in [4.78, 5) is 23.7. The Hall–Kier alpha value is -1.27. The average molecular weight is 349 g/mol. The van der Waals surface area contributed by atoms with Crippen molar-refractivity contribution in [1.82, 2.24) is 5.32 Å². The molecule has 138 valence electrons. The summed E-state index contributed by atoms with van der Waals surface area (Å²) in [5.74, 6) is -4.03. The monoisotopic (exact) mass is 349 g/mol. The van der Waals surface area contributed by atoms with Crippen molar-refractivity contribution in [2.75, 3.05) is 6.54 Å². The summed E-state index contributed by atoms with van der Waals surface area (Å²) in [6.45, 7) is 0.0199. The van der Waals surface area contributed by atoms with E-state index in [0.29, 0.717) is 12.8 Å². The number of aliphatic carboxylic acids is 1. The second-order valence-corrected chi connectivity index (χ2v) is 7.19. The van der Waals surface area contributed by atoms with E-state index in [1.54, 1.807) is 0 Å². The predicted octanol–water partition coefficient (Wildman–Crippen LogP) is 3.75. The Kier molecular flexibility index (Phi) is 6.52. The first kappa shape index (κ1) is 19.1. The van der Waals surface area contributed by atoms with Crippen LogP contribution in [0.1, 0.15) is 57.8 Å². The van der Waals surface area contributed by atoms with E-state index in [9.17, 15) is 27.9 Å². The minimum atomic E-state index is -4.26. The van der Waals surface area contributed by atoms with Gasteiger partial charge in [-0.15, -0.1) is 0 Å². The van der Waals surface area contributed by atoms with Crippen molar-refractivity contribution < 1.29 is 27.9 Å². The number of carbonyl (C=O) groups excluding carboxylic acids is 1. The molecule has 0 spiro atoms. The van der Waals surface area contributed by atoms with Crippen molar-refractivity contribution in [2.24, 2.45) is 23.7 Å². The van der Waals surface area contributed by atoms with Crippen LogP contribution >= 0.6 is 0 Å². The Morgan fingerprint density at radius 1 is 1.04 bits per heavy atom. The van der Waals surface area contributed by atoms with Gasteiger partial charge in [0.25, 0.3) is 0 Å². The Bertz CT molecular complexity index is 447. The van der Waals surface area contributed by atoms with E-state index >= 15 is 0 Å². The van der Waals surface area contributed by atoms with Crippen molar-refractivity contribution in [2.45, 2.75) is 64.0 Å². The molecule has 1 amide bonds. The van der Waals surface area contributed by atoms with Crippen LogP contribution in [0, 0.1) is 23.7 Å². The standard InChI is InChI=1S/C17H26F3NO3/c18-17(19,20)13-8-4-7-12(9-13)15(22)21-10-14(16(23)24)11-5-2-1-3-6-11/h11-14H,1-10H2,(H,21,22)(H,23,24). The zero-order valence-electron chi connectivity index (χ0n) is 13.8. The maximum Gasteiger partial charge on any atom is 0.391 e. The summed E-state index contributed by atoms with van der Waals surface area (Å²) in [5, 5.41) is 12.0. The van der Waals surface area contributed by atoms with Gasteiger partial charge in [0.2, 0.25) is 5.91 Å². The Morgan fingerprint density at radius 2 is 1.71 bits per heavy atom. The van der Waals surface area contributed by atoms with Crippen molar-refractivity contribution >= 4 is 11.9 Å². The molecule has 3 unspecified atom stereocenters. The van der Waals surface area contributed by atoms with Crippen LogP contribution in [-0.4, -0.2) is 29.7 Å². The number of alkyl halides is 3. The first-order valence-corrected chi connectivity index (χ1v) is 8.86. The molecule has 2 fully saturated rings. The highest BCUT2D eigenvalue weighted by atomic mass is 19.4. The molecule has 0 aromatic rings. The lowest BCUT2D eigenvalue weighted by Crippen LogP contribution is -2.42. The molecule has 0 bridgehead atoms. The molecule has 0 heterocycles. The van der Waals surface area contributed by atoms with Crippen LogP contribution in [0.3, 0.4) is 0 Å². The molecule has 7 heteroatoms. The number of hydrogen-bond donors (Lipinski definition) is 2. The number of carboxylic acid groups (broad SMARTS) is 1.